The van der Waals surface area contributed by atoms with Crippen LogP contribution < -0.4 is 5.32 Å². The molecule has 0 aliphatic carbocycles. The number of ether oxygens (including phenoxy) is 2. The van der Waals surface area contributed by atoms with E-state index in [0.717, 1.165) is 32.7 Å². The summed E-state index contributed by atoms with van der Waals surface area (Å²) in [5.74, 6) is 0. The van der Waals surface area contributed by atoms with Gasteiger partial charge in [-0.05, 0) is 31.4 Å². The minimum atomic E-state index is 0.322. The summed E-state index contributed by atoms with van der Waals surface area (Å²) >= 11 is 0. The van der Waals surface area contributed by atoms with Crippen LogP contribution >= 0.6 is 0 Å². The normalized spacial score (nSPS) is 27.6. The van der Waals surface area contributed by atoms with Crippen LogP contribution in [0.15, 0.2) is 30.3 Å². The molecule has 2 fully saturated rings. The molecule has 2 heterocycles. The van der Waals surface area contributed by atoms with Crippen molar-refractivity contribution in [2.75, 3.05) is 33.0 Å². The first kappa shape index (κ1) is 15.0. The molecule has 2 unspecified atom stereocenters. The lowest BCUT2D eigenvalue weighted by molar-refractivity contribution is -0.137. The van der Waals surface area contributed by atoms with E-state index >= 15 is 0 Å². The monoisotopic (exact) mass is 290 g/mol. The summed E-state index contributed by atoms with van der Waals surface area (Å²) in [6, 6.07) is 11.3. The van der Waals surface area contributed by atoms with Crippen LogP contribution in [-0.2, 0) is 16.0 Å². The SMILES string of the molecule is c1ccc(CN2CCCC(NCC3CCOCO3)C2)cc1. The van der Waals surface area contributed by atoms with Crippen LogP contribution in [0.25, 0.3) is 0 Å². The van der Waals surface area contributed by atoms with Crippen LogP contribution in [0.1, 0.15) is 24.8 Å². The average Bonchev–Trinajstić information content (AvgIpc) is 2.55. The topological polar surface area (TPSA) is 33.7 Å². The Balaban J connectivity index is 1.42. The number of likely N-dealkylation sites (tertiary alicyclic amines) is 1. The van der Waals surface area contributed by atoms with E-state index in [4.69, 9.17) is 9.47 Å². The van der Waals surface area contributed by atoms with E-state index in [0.29, 0.717) is 18.9 Å². The van der Waals surface area contributed by atoms with E-state index in [2.05, 4.69) is 40.5 Å². The maximum Gasteiger partial charge on any atom is 0.147 e. The van der Waals surface area contributed by atoms with Gasteiger partial charge in [-0.25, -0.2) is 0 Å². The van der Waals surface area contributed by atoms with Gasteiger partial charge >= 0.3 is 0 Å². The molecule has 0 saturated carbocycles. The fourth-order valence-corrected chi connectivity index (χ4v) is 3.17. The van der Waals surface area contributed by atoms with E-state index in [-0.39, 0.29) is 0 Å². The summed E-state index contributed by atoms with van der Waals surface area (Å²) in [5.41, 5.74) is 1.41. The predicted octanol–water partition coefficient (Wildman–Crippen LogP) is 2.00. The molecule has 0 radical (unpaired) electrons. The molecule has 0 amide bonds. The van der Waals surface area contributed by atoms with Gasteiger partial charge in [0.25, 0.3) is 0 Å². The highest BCUT2D eigenvalue weighted by Gasteiger charge is 2.21. The lowest BCUT2D eigenvalue weighted by Gasteiger charge is -2.34. The van der Waals surface area contributed by atoms with Gasteiger partial charge in [-0.15, -0.1) is 0 Å². The molecule has 2 atom stereocenters. The van der Waals surface area contributed by atoms with Crippen molar-refractivity contribution in [3.05, 3.63) is 35.9 Å². The van der Waals surface area contributed by atoms with Crippen molar-refractivity contribution in [2.45, 2.75) is 38.0 Å². The summed E-state index contributed by atoms with van der Waals surface area (Å²) < 4.78 is 10.8. The second kappa shape index (κ2) is 7.90. The molecule has 0 spiro atoms. The number of hydrogen-bond donors (Lipinski definition) is 1. The second-order valence-corrected chi connectivity index (χ2v) is 6.07. The zero-order chi connectivity index (χ0) is 14.3. The van der Waals surface area contributed by atoms with Crippen LogP contribution in [-0.4, -0.2) is 50.1 Å². The number of piperidine rings is 1. The Morgan fingerprint density at radius 2 is 2.10 bits per heavy atom. The Labute approximate surface area is 127 Å². The Bertz CT molecular complexity index is 407. The molecule has 1 N–H and O–H groups in total. The van der Waals surface area contributed by atoms with Crippen LogP contribution in [0.4, 0.5) is 0 Å². The van der Waals surface area contributed by atoms with Crippen molar-refractivity contribution in [2.24, 2.45) is 0 Å². The first-order chi connectivity index (χ1) is 10.4. The number of hydrogen-bond acceptors (Lipinski definition) is 4. The molecule has 2 aliphatic rings. The molecule has 4 heteroatoms. The van der Waals surface area contributed by atoms with Crippen LogP contribution in [0.5, 0.6) is 0 Å². The molecule has 3 rings (SSSR count). The van der Waals surface area contributed by atoms with Crippen molar-refractivity contribution in [1.29, 1.82) is 0 Å². The van der Waals surface area contributed by atoms with E-state index in [1.54, 1.807) is 0 Å². The third-order valence-corrected chi connectivity index (χ3v) is 4.36. The molecule has 4 nitrogen and oxygen atoms in total. The van der Waals surface area contributed by atoms with Gasteiger partial charge < -0.3 is 14.8 Å². The molecule has 2 aliphatic heterocycles. The van der Waals surface area contributed by atoms with Crippen LogP contribution in [0, 0.1) is 0 Å². The quantitative estimate of drug-likeness (QED) is 0.899. The molecule has 2 saturated heterocycles. The minimum Gasteiger partial charge on any atom is -0.355 e. The van der Waals surface area contributed by atoms with E-state index in [9.17, 15) is 0 Å². The highest BCUT2D eigenvalue weighted by Crippen LogP contribution is 2.14. The van der Waals surface area contributed by atoms with Crippen molar-refractivity contribution in [3.8, 4) is 0 Å². The Morgan fingerprint density at radius 1 is 1.19 bits per heavy atom. The van der Waals surface area contributed by atoms with Gasteiger partial charge in [0.1, 0.15) is 6.79 Å². The number of nitrogens with zero attached hydrogens (tertiary/aromatic N) is 1. The largest absolute Gasteiger partial charge is 0.355 e. The third-order valence-electron chi connectivity index (χ3n) is 4.36. The summed E-state index contributed by atoms with van der Waals surface area (Å²) in [7, 11) is 0. The molecule has 116 valence electrons. The number of benzene rings is 1. The van der Waals surface area contributed by atoms with Gasteiger partial charge in [0, 0.05) is 25.7 Å². The molecule has 0 aromatic heterocycles. The van der Waals surface area contributed by atoms with E-state index in [1.165, 1.54) is 24.9 Å². The van der Waals surface area contributed by atoms with Crippen LogP contribution in [0.3, 0.4) is 0 Å². The number of nitrogens with one attached hydrogen (secondary N) is 1. The van der Waals surface area contributed by atoms with Gasteiger partial charge in [-0.3, -0.25) is 4.90 Å². The smallest absolute Gasteiger partial charge is 0.147 e. The predicted molar refractivity (Wildman–Crippen MR) is 83.1 cm³/mol. The van der Waals surface area contributed by atoms with Crippen LogP contribution in [0.2, 0.25) is 0 Å². The average molecular weight is 290 g/mol. The van der Waals surface area contributed by atoms with Gasteiger partial charge in [0.2, 0.25) is 0 Å². The third kappa shape index (κ3) is 4.78. The van der Waals surface area contributed by atoms with Gasteiger partial charge in [0.05, 0.1) is 12.7 Å². The summed E-state index contributed by atoms with van der Waals surface area (Å²) in [4.78, 5) is 2.56. The molecule has 1 aromatic carbocycles. The van der Waals surface area contributed by atoms with Crippen molar-refractivity contribution in [1.82, 2.24) is 10.2 Å². The van der Waals surface area contributed by atoms with Gasteiger partial charge in [-0.2, -0.15) is 0 Å². The molecule has 1 aromatic rings. The van der Waals surface area contributed by atoms with E-state index in [1.807, 2.05) is 0 Å². The fraction of sp³-hybridized carbons (Fsp3) is 0.647. The van der Waals surface area contributed by atoms with Crippen molar-refractivity contribution < 1.29 is 9.47 Å². The Hall–Kier alpha value is -0.940. The minimum absolute atomic E-state index is 0.322. The lowest BCUT2D eigenvalue weighted by atomic mass is 10.0. The van der Waals surface area contributed by atoms with E-state index < -0.39 is 0 Å². The summed E-state index contributed by atoms with van der Waals surface area (Å²) in [6.07, 6.45) is 3.88. The summed E-state index contributed by atoms with van der Waals surface area (Å²) in [5, 5.41) is 3.68. The van der Waals surface area contributed by atoms with Gasteiger partial charge in [-0.1, -0.05) is 30.3 Å². The molecular weight excluding hydrogens is 264 g/mol. The molecular formula is C17H26N2O2. The molecule has 0 bridgehead atoms. The Morgan fingerprint density at radius 3 is 2.90 bits per heavy atom. The number of rotatable bonds is 5. The second-order valence-electron chi connectivity index (χ2n) is 6.07. The van der Waals surface area contributed by atoms with Gasteiger partial charge in [0.15, 0.2) is 0 Å². The first-order valence-corrected chi connectivity index (χ1v) is 8.09. The lowest BCUT2D eigenvalue weighted by Crippen LogP contribution is -2.48. The molecule has 21 heavy (non-hydrogen) atoms. The highest BCUT2D eigenvalue weighted by molar-refractivity contribution is 5.14. The first-order valence-electron chi connectivity index (χ1n) is 8.09. The maximum absolute atomic E-state index is 5.59. The Kier molecular flexibility index (Phi) is 5.63. The fourth-order valence-electron chi connectivity index (χ4n) is 3.17. The zero-order valence-electron chi connectivity index (χ0n) is 12.7. The summed E-state index contributed by atoms with van der Waals surface area (Å²) in [6.45, 7) is 5.65. The van der Waals surface area contributed by atoms with Crippen molar-refractivity contribution in [3.63, 3.8) is 0 Å². The highest BCUT2D eigenvalue weighted by atomic mass is 16.7. The standard InChI is InChI=1S/C17H26N2O2/c1-2-5-15(6-3-1)12-19-9-4-7-16(13-19)18-11-17-8-10-20-14-21-17/h1-3,5-6,16-18H,4,7-14H2. The van der Waals surface area contributed by atoms with Crippen molar-refractivity contribution >= 4 is 0 Å². The maximum atomic E-state index is 5.59. The zero-order valence-corrected chi connectivity index (χ0v) is 12.7.